The van der Waals surface area contributed by atoms with Crippen molar-refractivity contribution in [1.29, 1.82) is 0 Å². The van der Waals surface area contributed by atoms with Gasteiger partial charge < -0.3 is 18.9 Å². The molecule has 2 atom stereocenters. The third kappa shape index (κ3) is 8.28. The van der Waals surface area contributed by atoms with Crippen LogP contribution in [0.2, 0.25) is 0 Å². The number of epoxide rings is 2. The summed E-state index contributed by atoms with van der Waals surface area (Å²) < 4.78 is 21.5. The standard InChI is InChI=1S/C20H36O4/c1(3-11-21-13-19-15-23-19)5-17-7-9-18(10-8-17)6-2-4-12-22-14-20-16-24-20/h17-20H,1-16H2. The van der Waals surface area contributed by atoms with Gasteiger partial charge in [0.25, 0.3) is 0 Å². The van der Waals surface area contributed by atoms with Gasteiger partial charge in [-0.2, -0.15) is 0 Å². The Kier molecular flexibility index (Phi) is 8.34. The monoisotopic (exact) mass is 340 g/mol. The number of ether oxygens (including phenoxy) is 4. The fourth-order valence-electron chi connectivity index (χ4n) is 3.84. The maximum Gasteiger partial charge on any atom is 0.104 e. The summed E-state index contributed by atoms with van der Waals surface area (Å²) in [5, 5.41) is 0. The van der Waals surface area contributed by atoms with Crippen molar-refractivity contribution in [2.24, 2.45) is 11.8 Å². The fourth-order valence-corrected chi connectivity index (χ4v) is 3.84. The normalized spacial score (nSPS) is 32.0. The molecule has 2 aliphatic heterocycles. The summed E-state index contributed by atoms with van der Waals surface area (Å²) in [6.07, 6.45) is 14.6. The summed E-state index contributed by atoms with van der Waals surface area (Å²) in [6.45, 7) is 5.28. The molecule has 4 nitrogen and oxygen atoms in total. The quantitative estimate of drug-likeness (QED) is 0.354. The van der Waals surface area contributed by atoms with Crippen LogP contribution in [0.5, 0.6) is 0 Å². The molecule has 1 aliphatic carbocycles. The van der Waals surface area contributed by atoms with E-state index in [2.05, 4.69) is 0 Å². The average Bonchev–Trinajstić information content (AvgIpc) is 3.50. The molecule has 0 bridgehead atoms. The van der Waals surface area contributed by atoms with Gasteiger partial charge in [0.2, 0.25) is 0 Å². The van der Waals surface area contributed by atoms with Crippen LogP contribution in [0.25, 0.3) is 0 Å². The van der Waals surface area contributed by atoms with Crippen LogP contribution in [0.4, 0.5) is 0 Å². The lowest BCUT2D eigenvalue weighted by molar-refractivity contribution is 0.109. The minimum atomic E-state index is 0.416. The van der Waals surface area contributed by atoms with Gasteiger partial charge in [0.05, 0.1) is 26.4 Å². The van der Waals surface area contributed by atoms with Crippen molar-refractivity contribution in [3.8, 4) is 0 Å². The topological polar surface area (TPSA) is 43.5 Å². The van der Waals surface area contributed by atoms with Gasteiger partial charge in [-0.15, -0.1) is 0 Å². The molecule has 0 spiro atoms. The maximum atomic E-state index is 5.61. The van der Waals surface area contributed by atoms with Crippen LogP contribution < -0.4 is 0 Å². The van der Waals surface area contributed by atoms with E-state index in [1.165, 1.54) is 64.2 Å². The fraction of sp³-hybridized carbons (Fsp3) is 1.00. The zero-order valence-electron chi connectivity index (χ0n) is 15.3. The second-order valence-corrected chi connectivity index (χ2v) is 7.94. The summed E-state index contributed by atoms with van der Waals surface area (Å²) in [6, 6.07) is 0. The zero-order chi connectivity index (χ0) is 16.5. The lowest BCUT2D eigenvalue weighted by Crippen LogP contribution is -2.15. The van der Waals surface area contributed by atoms with Crippen molar-refractivity contribution in [2.75, 3.05) is 39.6 Å². The first kappa shape index (κ1) is 18.6. The second-order valence-electron chi connectivity index (χ2n) is 7.94. The molecule has 3 fully saturated rings. The molecular weight excluding hydrogens is 304 g/mol. The van der Waals surface area contributed by atoms with E-state index < -0.39 is 0 Å². The third-order valence-corrected chi connectivity index (χ3v) is 5.68. The second kappa shape index (κ2) is 10.7. The molecule has 2 unspecified atom stereocenters. The van der Waals surface area contributed by atoms with Crippen LogP contribution in [-0.2, 0) is 18.9 Å². The van der Waals surface area contributed by atoms with E-state index in [4.69, 9.17) is 18.9 Å². The van der Waals surface area contributed by atoms with Crippen molar-refractivity contribution in [1.82, 2.24) is 0 Å². The van der Waals surface area contributed by atoms with Crippen molar-refractivity contribution >= 4 is 0 Å². The Morgan fingerprint density at radius 1 is 0.625 bits per heavy atom. The van der Waals surface area contributed by atoms with Gasteiger partial charge in [0.15, 0.2) is 0 Å². The molecule has 1 saturated carbocycles. The molecule has 4 heteroatoms. The first-order valence-electron chi connectivity index (χ1n) is 10.3. The average molecular weight is 341 g/mol. The minimum Gasteiger partial charge on any atom is -0.379 e. The largest absolute Gasteiger partial charge is 0.379 e. The molecule has 0 aromatic rings. The molecule has 3 aliphatic rings. The lowest BCUT2D eigenvalue weighted by Gasteiger charge is -2.28. The van der Waals surface area contributed by atoms with E-state index in [1.54, 1.807) is 0 Å². The summed E-state index contributed by atoms with van der Waals surface area (Å²) in [5.41, 5.74) is 0. The van der Waals surface area contributed by atoms with Gasteiger partial charge >= 0.3 is 0 Å². The van der Waals surface area contributed by atoms with Crippen LogP contribution >= 0.6 is 0 Å². The van der Waals surface area contributed by atoms with Gasteiger partial charge in [-0.1, -0.05) is 51.4 Å². The number of hydrogen-bond acceptors (Lipinski definition) is 4. The molecule has 24 heavy (non-hydrogen) atoms. The first-order valence-corrected chi connectivity index (χ1v) is 10.3. The Balaban J connectivity index is 1.08. The molecule has 0 radical (unpaired) electrons. The van der Waals surface area contributed by atoms with E-state index in [9.17, 15) is 0 Å². The predicted octanol–water partition coefficient (Wildman–Crippen LogP) is 3.96. The van der Waals surface area contributed by atoms with E-state index in [0.29, 0.717) is 12.2 Å². The van der Waals surface area contributed by atoms with Crippen molar-refractivity contribution in [3.05, 3.63) is 0 Å². The molecule has 140 valence electrons. The zero-order valence-corrected chi connectivity index (χ0v) is 15.3. The van der Waals surface area contributed by atoms with E-state index in [0.717, 1.165) is 51.5 Å². The minimum absolute atomic E-state index is 0.416. The summed E-state index contributed by atoms with van der Waals surface area (Å²) in [4.78, 5) is 0. The smallest absolute Gasteiger partial charge is 0.104 e. The van der Waals surface area contributed by atoms with Crippen molar-refractivity contribution in [2.45, 2.75) is 76.4 Å². The number of rotatable bonds is 14. The van der Waals surface area contributed by atoms with E-state index >= 15 is 0 Å². The Morgan fingerprint density at radius 3 is 1.42 bits per heavy atom. The molecule has 2 saturated heterocycles. The molecule has 0 N–H and O–H groups in total. The van der Waals surface area contributed by atoms with Crippen LogP contribution in [0.3, 0.4) is 0 Å². The van der Waals surface area contributed by atoms with Gasteiger partial charge in [-0.05, 0) is 24.7 Å². The Bertz CT molecular complexity index is 288. The van der Waals surface area contributed by atoms with Crippen LogP contribution in [-0.4, -0.2) is 51.8 Å². The maximum absolute atomic E-state index is 5.61. The third-order valence-electron chi connectivity index (χ3n) is 5.68. The molecule has 3 rings (SSSR count). The Hall–Kier alpha value is -0.160. The predicted molar refractivity (Wildman–Crippen MR) is 94.3 cm³/mol. The summed E-state index contributed by atoms with van der Waals surface area (Å²) in [5.74, 6) is 1.96. The van der Waals surface area contributed by atoms with E-state index in [-0.39, 0.29) is 0 Å². The van der Waals surface area contributed by atoms with Gasteiger partial charge in [0, 0.05) is 13.2 Å². The summed E-state index contributed by atoms with van der Waals surface area (Å²) >= 11 is 0. The molecular formula is C20H36O4. The van der Waals surface area contributed by atoms with Gasteiger partial charge in [0.1, 0.15) is 12.2 Å². The summed E-state index contributed by atoms with van der Waals surface area (Å²) in [7, 11) is 0. The highest BCUT2D eigenvalue weighted by molar-refractivity contribution is 4.73. The molecule has 0 amide bonds. The Labute approximate surface area is 147 Å². The van der Waals surface area contributed by atoms with Crippen molar-refractivity contribution < 1.29 is 18.9 Å². The lowest BCUT2D eigenvalue weighted by atomic mass is 9.78. The van der Waals surface area contributed by atoms with Crippen LogP contribution in [0.15, 0.2) is 0 Å². The van der Waals surface area contributed by atoms with Gasteiger partial charge in [-0.3, -0.25) is 0 Å². The molecule has 2 heterocycles. The van der Waals surface area contributed by atoms with Gasteiger partial charge in [-0.25, -0.2) is 0 Å². The highest BCUT2D eigenvalue weighted by Crippen LogP contribution is 2.34. The number of hydrogen-bond donors (Lipinski definition) is 0. The first-order chi connectivity index (χ1) is 11.9. The highest BCUT2D eigenvalue weighted by atomic mass is 16.6. The molecule has 0 aromatic heterocycles. The SMILES string of the molecule is C(CCC1CCC(CCCCOCC2CO2)CC1)COCC1CO1. The van der Waals surface area contributed by atoms with Crippen LogP contribution in [0, 0.1) is 11.8 Å². The van der Waals surface area contributed by atoms with E-state index in [1.807, 2.05) is 0 Å². The highest BCUT2D eigenvalue weighted by Gasteiger charge is 2.23. The molecule has 0 aromatic carbocycles. The van der Waals surface area contributed by atoms with Crippen molar-refractivity contribution in [3.63, 3.8) is 0 Å². The van der Waals surface area contributed by atoms with Crippen LogP contribution in [0.1, 0.15) is 64.2 Å². The Morgan fingerprint density at radius 2 is 1.04 bits per heavy atom. The number of unbranched alkanes of at least 4 members (excludes halogenated alkanes) is 2.